The van der Waals surface area contributed by atoms with Crippen LogP contribution in [0.25, 0.3) is 10.2 Å². The van der Waals surface area contributed by atoms with Gasteiger partial charge in [-0.1, -0.05) is 0 Å². The summed E-state index contributed by atoms with van der Waals surface area (Å²) in [6.45, 7) is 0. The molecule has 3 aromatic heterocycles. The van der Waals surface area contributed by atoms with E-state index >= 15 is 0 Å². The molecular formula is C10H10N6S2. The molecule has 3 N–H and O–H groups in total. The predicted molar refractivity (Wildman–Crippen MR) is 72.6 cm³/mol. The van der Waals surface area contributed by atoms with Gasteiger partial charge in [-0.3, -0.25) is 5.43 Å². The van der Waals surface area contributed by atoms with Gasteiger partial charge in [-0.25, -0.2) is 20.8 Å². The van der Waals surface area contributed by atoms with Gasteiger partial charge in [-0.15, -0.1) is 11.3 Å². The third kappa shape index (κ3) is 1.94. The summed E-state index contributed by atoms with van der Waals surface area (Å²) in [5, 5.41) is 4.74. The molecule has 0 saturated heterocycles. The lowest BCUT2D eigenvalue weighted by Crippen LogP contribution is -2.10. The SMILES string of the molecule is Cn1ccnc1Sc1nc(NN)nc2sccc12. The van der Waals surface area contributed by atoms with E-state index in [1.54, 1.807) is 17.5 Å². The van der Waals surface area contributed by atoms with Crippen LogP contribution in [0.2, 0.25) is 0 Å². The van der Waals surface area contributed by atoms with Crippen LogP contribution in [0, 0.1) is 0 Å². The maximum atomic E-state index is 5.38. The first-order valence-corrected chi connectivity index (χ1v) is 6.84. The number of fused-ring (bicyclic) bond motifs is 1. The van der Waals surface area contributed by atoms with Gasteiger partial charge in [0.25, 0.3) is 0 Å². The van der Waals surface area contributed by atoms with Crippen molar-refractivity contribution < 1.29 is 0 Å². The molecule has 18 heavy (non-hydrogen) atoms. The van der Waals surface area contributed by atoms with E-state index in [-0.39, 0.29) is 0 Å². The minimum atomic E-state index is 0.418. The standard InChI is InChI=1S/C10H10N6S2/c1-16-4-3-12-10(16)18-8-6-2-5-17-7(6)13-9(14-8)15-11/h2-5H,11H2,1H3,(H,13,14,15). The molecule has 0 aliphatic heterocycles. The Bertz CT molecular complexity index is 689. The van der Waals surface area contributed by atoms with Gasteiger partial charge >= 0.3 is 0 Å². The third-order valence-corrected chi connectivity index (χ3v) is 4.27. The average Bonchev–Trinajstić information content (AvgIpc) is 2.98. The highest BCUT2D eigenvalue weighted by Crippen LogP contribution is 2.33. The molecule has 3 rings (SSSR count). The van der Waals surface area contributed by atoms with E-state index in [2.05, 4.69) is 20.4 Å². The molecule has 0 aromatic carbocycles. The Hall–Kier alpha value is -1.64. The quantitative estimate of drug-likeness (QED) is 0.432. The molecule has 0 atom stereocenters. The fourth-order valence-electron chi connectivity index (χ4n) is 1.51. The summed E-state index contributed by atoms with van der Waals surface area (Å²) in [5.74, 6) is 5.80. The number of aromatic nitrogens is 4. The van der Waals surface area contributed by atoms with Gasteiger partial charge in [0, 0.05) is 24.8 Å². The lowest BCUT2D eigenvalue weighted by atomic mass is 10.4. The molecule has 0 aliphatic carbocycles. The fraction of sp³-hybridized carbons (Fsp3) is 0.100. The van der Waals surface area contributed by atoms with Crippen molar-refractivity contribution in [2.45, 2.75) is 10.2 Å². The fourth-order valence-corrected chi connectivity index (χ4v) is 3.23. The number of nitrogens with one attached hydrogen (secondary N) is 1. The average molecular weight is 278 g/mol. The Morgan fingerprint density at radius 2 is 2.33 bits per heavy atom. The molecule has 0 fully saturated rings. The highest BCUT2D eigenvalue weighted by molar-refractivity contribution is 7.99. The van der Waals surface area contributed by atoms with Crippen LogP contribution in [-0.2, 0) is 7.05 Å². The van der Waals surface area contributed by atoms with Crippen LogP contribution in [-0.4, -0.2) is 19.5 Å². The van der Waals surface area contributed by atoms with Gasteiger partial charge in [0.15, 0.2) is 5.16 Å². The van der Waals surface area contributed by atoms with E-state index in [9.17, 15) is 0 Å². The Balaban J connectivity index is 2.10. The second kappa shape index (κ2) is 4.56. The smallest absolute Gasteiger partial charge is 0.239 e. The summed E-state index contributed by atoms with van der Waals surface area (Å²) in [4.78, 5) is 13.9. The summed E-state index contributed by atoms with van der Waals surface area (Å²) in [5.41, 5.74) is 2.49. The Morgan fingerprint density at radius 1 is 1.44 bits per heavy atom. The zero-order valence-electron chi connectivity index (χ0n) is 9.49. The van der Waals surface area contributed by atoms with Gasteiger partial charge in [0.2, 0.25) is 5.95 Å². The van der Waals surface area contributed by atoms with Crippen molar-refractivity contribution in [1.29, 1.82) is 0 Å². The highest BCUT2D eigenvalue weighted by Gasteiger charge is 2.11. The largest absolute Gasteiger partial charge is 0.329 e. The molecule has 6 nitrogen and oxygen atoms in total. The second-order valence-corrected chi connectivity index (χ2v) is 5.41. The van der Waals surface area contributed by atoms with Crippen molar-refractivity contribution in [3.63, 3.8) is 0 Å². The van der Waals surface area contributed by atoms with E-state index in [4.69, 9.17) is 5.84 Å². The zero-order valence-corrected chi connectivity index (χ0v) is 11.1. The normalized spacial score (nSPS) is 11.0. The number of imidazole rings is 1. The Labute approximate surface area is 111 Å². The number of hydrogen-bond donors (Lipinski definition) is 2. The summed E-state index contributed by atoms with van der Waals surface area (Å²) in [6.07, 6.45) is 3.66. The molecular weight excluding hydrogens is 268 g/mol. The molecule has 0 bridgehead atoms. The maximum Gasteiger partial charge on any atom is 0.239 e. The highest BCUT2D eigenvalue weighted by atomic mass is 32.2. The number of nitrogens with zero attached hydrogens (tertiary/aromatic N) is 4. The number of aryl methyl sites for hydroxylation is 1. The van der Waals surface area contributed by atoms with Gasteiger partial charge in [0.05, 0.1) is 0 Å². The van der Waals surface area contributed by atoms with Gasteiger partial charge in [-0.05, 0) is 23.2 Å². The van der Waals surface area contributed by atoms with Gasteiger partial charge in [0.1, 0.15) is 9.86 Å². The second-order valence-electron chi connectivity index (χ2n) is 3.56. The number of hydrazine groups is 1. The third-order valence-electron chi connectivity index (χ3n) is 2.38. The first-order chi connectivity index (χ1) is 8.78. The lowest BCUT2D eigenvalue weighted by Gasteiger charge is -2.04. The molecule has 0 amide bonds. The maximum absolute atomic E-state index is 5.38. The van der Waals surface area contributed by atoms with Crippen molar-refractivity contribution >= 4 is 39.3 Å². The van der Waals surface area contributed by atoms with Crippen molar-refractivity contribution in [3.05, 3.63) is 23.8 Å². The minimum absolute atomic E-state index is 0.418. The van der Waals surface area contributed by atoms with E-state index in [0.717, 1.165) is 20.4 Å². The molecule has 3 aromatic rings. The summed E-state index contributed by atoms with van der Waals surface area (Å²) >= 11 is 3.06. The predicted octanol–water partition coefficient (Wildman–Crippen LogP) is 1.86. The number of hydrogen-bond acceptors (Lipinski definition) is 7. The zero-order chi connectivity index (χ0) is 12.5. The number of nitrogen functional groups attached to an aromatic ring is 1. The Kier molecular flexibility index (Phi) is 2.90. The minimum Gasteiger partial charge on any atom is -0.329 e. The van der Waals surface area contributed by atoms with Crippen LogP contribution in [0.4, 0.5) is 5.95 Å². The van der Waals surface area contributed by atoms with Gasteiger partial charge < -0.3 is 4.57 Å². The van der Waals surface area contributed by atoms with Crippen molar-refractivity contribution in [2.24, 2.45) is 12.9 Å². The number of anilines is 1. The van der Waals surface area contributed by atoms with Crippen LogP contribution >= 0.6 is 23.1 Å². The van der Waals surface area contributed by atoms with Crippen molar-refractivity contribution in [1.82, 2.24) is 19.5 Å². The first kappa shape index (κ1) is 11.5. The Morgan fingerprint density at radius 3 is 3.06 bits per heavy atom. The molecule has 0 saturated carbocycles. The van der Waals surface area contributed by atoms with Crippen molar-refractivity contribution in [2.75, 3.05) is 5.43 Å². The first-order valence-electron chi connectivity index (χ1n) is 5.15. The summed E-state index contributed by atoms with van der Waals surface area (Å²) < 4.78 is 1.94. The summed E-state index contributed by atoms with van der Waals surface area (Å²) in [7, 11) is 1.95. The molecule has 8 heteroatoms. The molecule has 0 unspecified atom stereocenters. The molecule has 3 heterocycles. The van der Waals surface area contributed by atoms with E-state index in [0.29, 0.717) is 5.95 Å². The van der Waals surface area contributed by atoms with Crippen LogP contribution < -0.4 is 11.3 Å². The number of thiophene rings is 1. The van der Waals surface area contributed by atoms with Crippen LogP contribution in [0.3, 0.4) is 0 Å². The van der Waals surface area contributed by atoms with Crippen LogP contribution in [0.5, 0.6) is 0 Å². The number of nitrogens with two attached hydrogens (primary N) is 1. The van der Waals surface area contributed by atoms with Crippen LogP contribution in [0.15, 0.2) is 34.0 Å². The van der Waals surface area contributed by atoms with Gasteiger partial charge in [-0.2, -0.15) is 0 Å². The van der Waals surface area contributed by atoms with Crippen LogP contribution in [0.1, 0.15) is 0 Å². The monoisotopic (exact) mass is 278 g/mol. The van der Waals surface area contributed by atoms with E-state index in [1.807, 2.05) is 29.3 Å². The molecule has 92 valence electrons. The number of rotatable bonds is 3. The lowest BCUT2D eigenvalue weighted by molar-refractivity contribution is 0.789. The van der Waals surface area contributed by atoms with E-state index < -0.39 is 0 Å². The van der Waals surface area contributed by atoms with E-state index in [1.165, 1.54) is 11.8 Å². The topological polar surface area (TPSA) is 81.7 Å². The van der Waals surface area contributed by atoms with Crippen molar-refractivity contribution in [3.8, 4) is 0 Å². The molecule has 0 aliphatic rings. The molecule has 0 spiro atoms. The molecule has 0 radical (unpaired) electrons. The summed E-state index contributed by atoms with van der Waals surface area (Å²) in [6, 6.07) is 2.01.